The first-order valence-corrected chi connectivity index (χ1v) is 8.92. The molecule has 7 heteroatoms. The minimum absolute atomic E-state index is 0.0171. The van der Waals surface area contributed by atoms with Crippen LogP contribution in [-0.2, 0) is 30.8 Å². The van der Waals surface area contributed by atoms with E-state index in [0.717, 1.165) is 17.2 Å². The van der Waals surface area contributed by atoms with Crippen molar-refractivity contribution in [2.24, 2.45) is 0 Å². The largest absolute Gasteiger partial charge is 0.349 e. The first-order chi connectivity index (χ1) is 12.5. The maximum absolute atomic E-state index is 13.4. The summed E-state index contributed by atoms with van der Waals surface area (Å²) >= 11 is 0. The lowest BCUT2D eigenvalue weighted by molar-refractivity contribution is -0.120. The molecule has 0 saturated heterocycles. The van der Waals surface area contributed by atoms with Gasteiger partial charge < -0.3 is 14.8 Å². The molecule has 2 heterocycles. The third-order valence-electron chi connectivity index (χ3n) is 4.63. The number of carbonyl (C=O) groups is 2. The van der Waals surface area contributed by atoms with Crippen LogP contribution in [0.4, 0.5) is 4.39 Å². The van der Waals surface area contributed by atoms with Crippen LogP contribution >= 0.6 is 0 Å². The molecule has 26 heavy (non-hydrogen) atoms. The third-order valence-corrected chi connectivity index (χ3v) is 4.63. The van der Waals surface area contributed by atoms with Crippen LogP contribution in [0.25, 0.3) is 0 Å². The van der Waals surface area contributed by atoms with E-state index in [9.17, 15) is 14.0 Å². The zero-order valence-electron chi connectivity index (χ0n) is 15.1. The molecule has 0 spiro atoms. The number of rotatable bonds is 5. The highest BCUT2D eigenvalue weighted by Gasteiger charge is 2.27. The van der Waals surface area contributed by atoms with E-state index >= 15 is 0 Å². The van der Waals surface area contributed by atoms with Crippen molar-refractivity contribution in [3.05, 3.63) is 52.9 Å². The van der Waals surface area contributed by atoms with Gasteiger partial charge in [0.15, 0.2) is 0 Å². The van der Waals surface area contributed by atoms with E-state index in [4.69, 9.17) is 0 Å². The standard InChI is InChI=1S/C19H23FN4O2/c1-3-18(25)21-11-17-22-15-8-9-23(12-16(15)24(17)4-2)19(26)13-6-5-7-14(20)10-13/h5-7,10H,3-4,8-9,11-12H2,1-2H3,(H,21,25). The lowest BCUT2D eigenvalue weighted by Gasteiger charge is -2.27. The Kier molecular flexibility index (Phi) is 5.35. The van der Waals surface area contributed by atoms with E-state index in [2.05, 4.69) is 14.9 Å². The summed E-state index contributed by atoms with van der Waals surface area (Å²) in [5.74, 6) is 0.192. The van der Waals surface area contributed by atoms with Crippen LogP contribution in [0.2, 0.25) is 0 Å². The molecule has 0 aliphatic carbocycles. The number of amides is 2. The molecule has 0 unspecified atom stereocenters. The van der Waals surface area contributed by atoms with Gasteiger partial charge in [-0.15, -0.1) is 0 Å². The number of imidazole rings is 1. The summed E-state index contributed by atoms with van der Waals surface area (Å²) in [6.07, 6.45) is 1.08. The van der Waals surface area contributed by atoms with Gasteiger partial charge in [-0.1, -0.05) is 13.0 Å². The molecule has 3 rings (SSSR count). The topological polar surface area (TPSA) is 67.2 Å². The minimum atomic E-state index is -0.416. The highest BCUT2D eigenvalue weighted by Crippen LogP contribution is 2.22. The van der Waals surface area contributed by atoms with E-state index in [1.165, 1.54) is 12.1 Å². The summed E-state index contributed by atoms with van der Waals surface area (Å²) < 4.78 is 15.5. The Morgan fingerprint density at radius 2 is 2.12 bits per heavy atom. The van der Waals surface area contributed by atoms with Gasteiger partial charge in [-0.2, -0.15) is 0 Å². The maximum Gasteiger partial charge on any atom is 0.254 e. The Morgan fingerprint density at radius 1 is 1.31 bits per heavy atom. The molecule has 0 bridgehead atoms. The summed E-state index contributed by atoms with van der Waals surface area (Å²) in [4.78, 5) is 30.6. The Labute approximate surface area is 152 Å². The molecule has 2 aromatic rings. The van der Waals surface area contributed by atoms with Crippen molar-refractivity contribution in [1.82, 2.24) is 19.8 Å². The summed E-state index contributed by atoms with van der Waals surface area (Å²) in [7, 11) is 0. The average molecular weight is 358 g/mol. The zero-order valence-corrected chi connectivity index (χ0v) is 15.1. The van der Waals surface area contributed by atoms with Crippen LogP contribution in [0.3, 0.4) is 0 Å². The highest BCUT2D eigenvalue weighted by atomic mass is 19.1. The van der Waals surface area contributed by atoms with Crippen LogP contribution < -0.4 is 5.32 Å². The fourth-order valence-corrected chi connectivity index (χ4v) is 3.26. The SMILES string of the molecule is CCC(=O)NCc1nc2c(n1CC)CN(C(=O)c1cccc(F)c1)CC2. The van der Waals surface area contributed by atoms with Crippen molar-refractivity contribution >= 4 is 11.8 Å². The van der Waals surface area contributed by atoms with Gasteiger partial charge >= 0.3 is 0 Å². The number of halogens is 1. The summed E-state index contributed by atoms with van der Waals surface area (Å²) in [5, 5.41) is 2.85. The van der Waals surface area contributed by atoms with Crippen molar-refractivity contribution in [1.29, 1.82) is 0 Å². The van der Waals surface area contributed by atoms with Crippen molar-refractivity contribution in [2.45, 2.75) is 46.3 Å². The molecule has 6 nitrogen and oxygen atoms in total. The number of benzene rings is 1. The molecule has 0 atom stereocenters. The number of nitrogens with one attached hydrogen (secondary N) is 1. The molecule has 0 radical (unpaired) electrons. The number of fused-ring (bicyclic) bond motifs is 1. The van der Waals surface area contributed by atoms with Gasteiger partial charge in [0.1, 0.15) is 11.6 Å². The van der Waals surface area contributed by atoms with Gasteiger partial charge in [-0.3, -0.25) is 9.59 Å². The fraction of sp³-hybridized carbons (Fsp3) is 0.421. The van der Waals surface area contributed by atoms with Crippen molar-refractivity contribution in [3.8, 4) is 0 Å². The second kappa shape index (κ2) is 7.68. The third kappa shape index (κ3) is 3.61. The number of aromatic nitrogens is 2. The number of carbonyl (C=O) groups excluding carboxylic acids is 2. The Morgan fingerprint density at radius 3 is 2.81 bits per heavy atom. The van der Waals surface area contributed by atoms with Gasteiger partial charge in [0, 0.05) is 31.5 Å². The van der Waals surface area contributed by atoms with Crippen LogP contribution in [0.1, 0.15) is 47.8 Å². The molecule has 0 saturated carbocycles. The summed E-state index contributed by atoms with van der Waals surface area (Å²) in [5.41, 5.74) is 2.31. The van der Waals surface area contributed by atoms with Gasteiger partial charge in [0.05, 0.1) is 24.5 Å². The second-order valence-electron chi connectivity index (χ2n) is 6.28. The lowest BCUT2D eigenvalue weighted by Crippen LogP contribution is -2.36. The molecular formula is C19H23FN4O2. The molecule has 1 aromatic carbocycles. The minimum Gasteiger partial charge on any atom is -0.349 e. The summed E-state index contributed by atoms with van der Waals surface area (Å²) in [6.45, 7) is 5.90. The van der Waals surface area contributed by atoms with Crippen LogP contribution in [0, 0.1) is 5.82 Å². The van der Waals surface area contributed by atoms with Gasteiger partial charge in [0.25, 0.3) is 5.91 Å². The predicted molar refractivity (Wildman–Crippen MR) is 94.9 cm³/mol. The first-order valence-electron chi connectivity index (χ1n) is 8.92. The number of hydrogen-bond donors (Lipinski definition) is 1. The molecule has 138 valence electrons. The molecule has 1 aliphatic rings. The van der Waals surface area contributed by atoms with Crippen molar-refractivity contribution < 1.29 is 14.0 Å². The molecule has 2 amide bonds. The number of hydrogen-bond acceptors (Lipinski definition) is 3. The van der Waals surface area contributed by atoms with Gasteiger partial charge in [-0.25, -0.2) is 9.37 Å². The van der Waals surface area contributed by atoms with Crippen molar-refractivity contribution in [3.63, 3.8) is 0 Å². The Hall–Kier alpha value is -2.70. The summed E-state index contributed by atoms with van der Waals surface area (Å²) in [6, 6.07) is 5.77. The van der Waals surface area contributed by atoms with E-state index in [-0.39, 0.29) is 11.8 Å². The Balaban J connectivity index is 1.80. The van der Waals surface area contributed by atoms with Crippen LogP contribution in [0.15, 0.2) is 24.3 Å². The quantitative estimate of drug-likeness (QED) is 0.892. The normalized spacial score (nSPS) is 13.4. The smallest absolute Gasteiger partial charge is 0.254 e. The van der Waals surface area contributed by atoms with Gasteiger partial charge in [-0.05, 0) is 25.1 Å². The molecule has 0 fully saturated rings. The van der Waals surface area contributed by atoms with E-state index in [0.29, 0.717) is 44.6 Å². The fourth-order valence-electron chi connectivity index (χ4n) is 3.26. The van der Waals surface area contributed by atoms with E-state index < -0.39 is 5.82 Å². The molecule has 1 aromatic heterocycles. The molecule has 1 aliphatic heterocycles. The molecular weight excluding hydrogens is 335 g/mol. The predicted octanol–water partition coefficient (Wildman–Crippen LogP) is 2.27. The van der Waals surface area contributed by atoms with Crippen LogP contribution in [0.5, 0.6) is 0 Å². The Bertz CT molecular complexity index is 831. The highest BCUT2D eigenvalue weighted by molar-refractivity contribution is 5.94. The molecule has 1 N–H and O–H groups in total. The lowest BCUT2D eigenvalue weighted by atomic mass is 10.1. The van der Waals surface area contributed by atoms with Gasteiger partial charge in [0.2, 0.25) is 5.91 Å². The van der Waals surface area contributed by atoms with Crippen LogP contribution in [-0.4, -0.2) is 32.8 Å². The number of nitrogens with zero attached hydrogens (tertiary/aromatic N) is 3. The first kappa shape index (κ1) is 18.1. The average Bonchev–Trinajstić information content (AvgIpc) is 3.01. The zero-order chi connectivity index (χ0) is 18.7. The van der Waals surface area contributed by atoms with E-state index in [1.54, 1.807) is 17.0 Å². The van der Waals surface area contributed by atoms with Crippen molar-refractivity contribution in [2.75, 3.05) is 6.54 Å². The monoisotopic (exact) mass is 358 g/mol. The van der Waals surface area contributed by atoms with E-state index in [1.807, 2.05) is 13.8 Å². The maximum atomic E-state index is 13.4. The second-order valence-corrected chi connectivity index (χ2v) is 6.28.